The zero-order chi connectivity index (χ0) is 22.7. The van der Waals surface area contributed by atoms with Crippen molar-refractivity contribution < 1.29 is 17.9 Å². The van der Waals surface area contributed by atoms with E-state index in [1.807, 2.05) is 6.92 Å². The molecule has 0 amide bonds. The van der Waals surface area contributed by atoms with Crippen molar-refractivity contribution in [2.24, 2.45) is 17.8 Å². The van der Waals surface area contributed by atoms with Gasteiger partial charge in [-0.25, -0.2) is 13.2 Å². The van der Waals surface area contributed by atoms with E-state index in [0.29, 0.717) is 17.6 Å². The van der Waals surface area contributed by atoms with Crippen LogP contribution in [0.15, 0.2) is 18.2 Å². The first-order valence-electron chi connectivity index (χ1n) is 12.8. The number of benzene rings is 2. The lowest BCUT2D eigenvalue weighted by atomic mass is 9.68. The predicted octanol–water partition coefficient (Wildman–Crippen LogP) is 8.93. The molecule has 0 bridgehead atoms. The van der Waals surface area contributed by atoms with Crippen molar-refractivity contribution in [3.63, 3.8) is 0 Å². The van der Waals surface area contributed by atoms with E-state index < -0.39 is 17.5 Å². The topological polar surface area (TPSA) is 9.23 Å². The third-order valence-corrected chi connectivity index (χ3v) is 8.04. The molecule has 2 aliphatic rings. The van der Waals surface area contributed by atoms with Gasteiger partial charge in [0.05, 0.1) is 12.0 Å². The van der Waals surface area contributed by atoms with E-state index in [4.69, 9.17) is 4.74 Å². The summed E-state index contributed by atoms with van der Waals surface area (Å²) >= 11 is 0. The molecule has 32 heavy (non-hydrogen) atoms. The van der Waals surface area contributed by atoms with Gasteiger partial charge in [0.25, 0.3) is 0 Å². The molecule has 0 radical (unpaired) electrons. The SMILES string of the molecule is CCCOc1ccc2cc(C3CCC(C4CCC(CCC)CC4)CC3)c(F)c(F)c2c1F. The second kappa shape index (κ2) is 10.5. The summed E-state index contributed by atoms with van der Waals surface area (Å²) in [4.78, 5) is 0. The molecule has 4 rings (SSSR count). The molecule has 2 aliphatic carbocycles. The van der Waals surface area contributed by atoms with Gasteiger partial charge in [-0.15, -0.1) is 0 Å². The van der Waals surface area contributed by atoms with Crippen LogP contribution in [0.25, 0.3) is 10.8 Å². The first-order chi connectivity index (χ1) is 15.5. The van der Waals surface area contributed by atoms with Gasteiger partial charge in [-0.05, 0) is 91.7 Å². The van der Waals surface area contributed by atoms with E-state index in [0.717, 1.165) is 49.9 Å². The number of fused-ring (bicyclic) bond motifs is 1. The smallest absolute Gasteiger partial charge is 0.175 e. The number of halogens is 3. The summed E-state index contributed by atoms with van der Waals surface area (Å²) in [5.41, 5.74) is 0.418. The van der Waals surface area contributed by atoms with Crippen LogP contribution >= 0.6 is 0 Å². The molecule has 176 valence electrons. The molecule has 0 saturated heterocycles. The zero-order valence-corrected chi connectivity index (χ0v) is 19.6. The van der Waals surface area contributed by atoms with Gasteiger partial charge in [0.1, 0.15) is 0 Å². The summed E-state index contributed by atoms with van der Waals surface area (Å²) in [7, 11) is 0. The lowest BCUT2D eigenvalue weighted by molar-refractivity contribution is 0.156. The van der Waals surface area contributed by atoms with Crippen molar-refractivity contribution >= 4 is 10.8 Å². The van der Waals surface area contributed by atoms with Crippen LogP contribution in [0.1, 0.15) is 96.0 Å². The normalized spacial score (nSPS) is 26.4. The van der Waals surface area contributed by atoms with E-state index in [2.05, 4.69) is 6.92 Å². The van der Waals surface area contributed by atoms with Crippen molar-refractivity contribution in [1.29, 1.82) is 0 Å². The van der Waals surface area contributed by atoms with Crippen LogP contribution < -0.4 is 4.74 Å². The Morgan fingerprint density at radius 1 is 0.781 bits per heavy atom. The van der Waals surface area contributed by atoms with Crippen LogP contribution in [-0.4, -0.2) is 6.61 Å². The number of hydrogen-bond acceptors (Lipinski definition) is 1. The van der Waals surface area contributed by atoms with Crippen molar-refractivity contribution in [2.75, 3.05) is 6.61 Å². The standard InChI is InChI=1S/C28H37F3O/c1-3-5-18-6-8-19(9-7-18)20-10-12-21(13-11-20)23-17-22-14-15-24(32-16-4-2)27(30)25(22)28(31)26(23)29/h14-15,17-21H,3-13,16H2,1-2H3. The number of rotatable bonds is 7. The highest BCUT2D eigenvalue weighted by Gasteiger charge is 2.33. The average molecular weight is 447 g/mol. The van der Waals surface area contributed by atoms with Crippen LogP contribution in [0.3, 0.4) is 0 Å². The molecule has 0 heterocycles. The van der Waals surface area contributed by atoms with Crippen LogP contribution in [0.4, 0.5) is 13.2 Å². The molecule has 1 nitrogen and oxygen atoms in total. The quantitative estimate of drug-likeness (QED) is 0.412. The van der Waals surface area contributed by atoms with Crippen molar-refractivity contribution in [3.8, 4) is 5.75 Å². The number of hydrogen-bond donors (Lipinski definition) is 0. The van der Waals surface area contributed by atoms with Gasteiger partial charge in [-0.1, -0.05) is 45.6 Å². The summed E-state index contributed by atoms with van der Waals surface area (Å²) in [5.74, 6) is -0.325. The van der Waals surface area contributed by atoms with E-state index in [1.165, 1.54) is 44.6 Å². The second-order valence-electron chi connectivity index (χ2n) is 10.1. The van der Waals surface area contributed by atoms with Crippen molar-refractivity contribution in [2.45, 2.75) is 90.4 Å². The van der Waals surface area contributed by atoms with Gasteiger partial charge >= 0.3 is 0 Å². The molecular weight excluding hydrogens is 409 g/mol. The molecule has 4 heteroatoms. The van der Waals surface area contributed by atoms with Crippen LogP contribution in [-0.2, 0) is 0 Å². The lowest BCUT2D eigenvalue weighted by Gasteiger charge is -2.38. The van der Waals surface area contributed by atoms with Crippen molar-refractivity contribution in [3.05, 3.63) is 41.2 Å². The maximum Gasteiger partial charge on any atom is 0.175 e. The van der Waals surface area contributed by atoms with E-state index in [1.54, 1.807) is 12.1 Å². The molecular formula is C28H37F3O. The molecule has 0 unspecified atom stereocenters. The Balaban J connectivity index is 1.46. The maximum atomic E-state index is 15.1. The third-order valence-electron chi connectivity index (χ3n) is 8.04. The highest BCUT2D eigenvalue weighted by Crippen LogP contribution is 2.46. The van der Waals surface area contributed by atoms with E-state index >= 15 is 4.39 Å². The predicted molar refractivity (Wildman–Crippen MR) is 125 cm³/mol. The van der Waals surface area contributed by atoms with Crippen molar-refractivity contribution in [1.82, 2.24) is 0 Å². The molecule has 0 spiro atoms. The van der Waals surface area contributed by atoms with Crippen LogP contribution in [0, 0.1) is 35.2 Å². The van der Waals surface area contributed by atoms with Gasteiger partial charge in [0, 0.05) is 0 Å². The Morgan fingerprint density at radius 3 is 2.06 bits per heavy atom. The number of ether oxygens (including phenoxy) is 1. The Morgan fingerprint density at radius 2 is 1.44 bits per heavy atom. The molecule has 0 aromatic heterocycles. The first-order valence-corrected chi connectivity index (χ1v) is 12.8. The zero-order valence-electron chi connectivity index (χ0n) is 19.6. The lowest BCUT2D eigenvalue weighted by Crippen LogP contribution is -2.25. The van der Waals surface area contributed by atoms with Gasteiger partial charge in [0.15, 0.2) is 23.2 Å². The summed E-state index contributed by atoms with van der Waals surface area (Å²) in [6, 6.07) is 4.84. The Hall–Kier alpha value is -1.71. The Bertz CT molecular complexity index is 909. The van der Waals surface area contributed by atoms with Gasteiger partial charge in [-0.3, -0.25) is 0 Å². The summed E-state index contributed by atoms with van der Waals surface area (Å²) in [5, 5.41) is 0.119. The Labute approximate surface area is 190 Å². The monoisotopic (exact) mass is 446 g/mol. The highest BCUT2D eigenvalue weighted by molar-refractivity contribution is 5.86. The Kier molecular flexibility index (Phi) is 7.68. The summed E-state index contributed by atoms with van der Waals surface area (Å²) in [6.45, 7) is 4.53. The molecule has 2 saturated carbocycles. The van der Waals surface area contributed by atoms with Gasteiger partial charge in [-0.2, -0.15) is 0 Å². The molecule has 0 aliphatic heterocycles. The fourth-order valence-corrected chi connectivity index (χ4v) is 6.26. The fraction of sp³-hybridized carbons (Fsp3) is 0.643. The molecule has 0 atom stereocenters. The maximum absolute atomic E-state index is 15.1. The van der Waals surface area contributed by atoms with Crippen LogP contribution in [0.2, 0.25) is 0 Å². The minimum atomic E-state index is -1.08. The first kappa shape index (κ1) is 23.4. The molecule has 2 aromatic rings. The van der Waals surface area contributed by atoms with Gasteiger partial charge < -0.3 is 4.74 Å². The summed E-state index contributed by atoms with van der Waals surface area (Å²) < 4.78 is 50.2. The third kappa shape index (κ3) is 4.79. The average Bonchev–Trinajstić information content (AvgIpc) is 2.81. The second-order valence-corrected chi connectivity index (χ2v) is 10.1. The minimum Gasteiger partial charge on any atom is -0.491 e. The molecule has 2 fully saturated rings. The van der Waals surface area contributed by atoms with Crippen LogP contribution in [0.5, 0.6) is 5.75 Å². The highest BCUT2D eigenvalue weighted by atomic mass is 19.2. The largest absolute Gasteiger partial charge is 0.491 e. The van der Waals surface area contributed by atoms with Gasteiger partial charge in [0.2, 0.25) is 0 Å². The molecule has 0 N–H and O–H groups in total. The summed E-state index contributed by atoms with van der Waals surface area (Å²) in [6.07, 6.45) is 12.7. The van der Waals surface area contributed by atoms with E-state index in [9.17, 15) is 8.78 Å². The van der Waals surface area contributed by atoms with E-state index in [-0.39, 0.29) is 17.1 Å². The fourth-order valence-electron chi connectivity index (χ4n) is 6.26. The molecule has 2 aromatic carbocycles. The minimum absolute atomic E-state index is 0.0143.